The van der Waals surface area contributed by atoms with E-state index in [1.807, 2.05) is 12.1 Å². The molecule has 0 radical (unpaired) electrons. The van der Waals surface area contributed by atoms with Crippen molar-refractivity contribution in [3.8, 4) is 0 Å². The molecule has 0 aliphatic rings. The molecule has 4 nitrogen and oxygen atoms in total. The van der Waals surface area contributed by atoms with Gasteiger partial charge in [-0.25, -0.2) is 4.98 Å². The van der Waals surface area contributed by atoms with E-state index in [2.05, 4.69) is 15.1 Å². The molecule has 0 amide bonds. The summed E-state index contributed by atoms with van der Waals surface area (Å²) in [6.07, 6.45) is 8.54. The summed E-state index contributed by atoms with van der Waals surface area (Å²) in [6.45, 7) is 0. The molecule has 2 rings (SSSR count). The second-order valence-electron chi connectivity index (χ2n) is 3.26. The summed E-state index contributed by atoms with van der Waals surface area (Å²) in [4.78, 5) is 9.09. The van der Waals surface area contributed by atoms with Crippen molar-refractivity contribution >= 4 is 17.6 Å². The zero-order chi connectivity index (χ0) is 11.2. The van der Waals surface area contributed by atoms with Crippen LogP contribution in [0.5, 0.6) is 0 Å². The van der Waals surface area contributed by atoms with E-state index in [9.17, 15) is 0 Å². The van der Waals surface area contributed by atoms with Gasteiger partial charge in [-0.1, -0.05) is 5.16 Å². The Hall–Kier alpha value is -1.75. The van der Waals surface area contributed by atoms with E-state index >= 15 is 0 Å². The lowest BCUT2D eigenvalue weighted by molar-refractivity contribution is 0.322. The summed E-state index contributed by atoms with van der Waals surface area (Å²) in [7, 11) is 0. The van der Waals surface area contributed by atoms with E-state index in [0.717, 1.165) is 22.7 Å². The van der Waals surface area contributed by atoms with E-state index in [4.69, 9.17) is 5.21 Å². The van der Waals surface area contributed by atoms with Crippen molar-refractivity contribution < 1.29 is 5.21 Å². The molecule has 0 saturated carbocycles. The van der Waals surface area contributed by atoms with Gasteiger partial charge in [0.15, 0.2) is 0 Å². The molecule has 5 heteroatoms. The lowest BCUT2D eigenvalue weighted by Crippen LogP contribution is -1.90. The van der Waals surface area contributed by atoms with E-state index in [0.29, 0.717) is 0 Å². The second-order valence-corrected chi connectivity index (χ2v) is 4.40. The highest BCUT2D eigenvalue weighted by Crippen LogP contribution is 2.13. The molecule has 0 aromatic carbocycles. The van der Waals surface area contributed by atoms with Gasteiger partial charge in [0, 0.05) is 25.0 Å². The fourth-order valence-corrected chi connectivity index (χ4v) is 2.14. The standard InChI is InChI=1S/C11H11N3OS/c15-14-8-10-7-13-11(16-10)2-1-9-3-5-12-6-4-9/h3-8,15H,1-2H2/b14-8+. The van der Waals surface area contributed by atoms with Gasteiger partial charge in [-0.3, -0.25) is 4.98 Å². The molecule has 0 atom stereocenters. The first-order valence-electron chi connectivity index (χ1n) is 4.89. The van der Waals surface area contributed by atoms with Crippen molar-refractivity contribution in [2.75, 3.05) is 0 Å². The molecule has 0 unspecified atom stereocenters. The molecule has 0 aliphatic carbocycles. The predicted octanol–water partition coefficient (Wildman–Crippen LogP) is 2.13. The van der Waals surface area contributed by atoms with E-state index in [1.54, 1.807) is 29.9 Å². The average molecular weight is 233 g/mol. The molecule has 82 valence electrons. The molecule has 1 N–H and O–H groups in total. The van der Waals surface area contributed by atoms with Crippen LogP contribution < -0.4 is 0 Å². The highest BCUT2D eigenvalue weighted by molar-refractivity contribution is 7.13. The van der Waals surface area contributed by atoms with Gasteiger partial charge in [-0.15, -0.1) is 11.3 Å². The first kappa shape index (κ1) is 10.8. The van der Waals surface area contributed by atoms with Crippen molar-refractivity contribution in [1.29, 1.82) is 0 Å². The highest BCUT2D eigenvalue weighted by Gasteiger charge is 2.01. The van der Waals surface area contributed by atoms with Crippen molar-refractivity contribution in [1.82, 2.24) is 9.97 Å². The van der Waals surface area contributed by atoms with Crippen LogP contribution in [0, 0.1) is 0 Å². The van der Waals surface area contributed by atoms with Gasteiger partial charge >= 0.3 is 0 Å². The number of pyridine rings is 1. The largest absolute Gasteiger partial charge is 0.411 e. The summed E-state index contributed by atoms with van der Waals surface area (Å²) in [5.41, 5.74) is 1.25. The van der Waals surface area contributed by atoms with Crippen molar-refractivity contribution in [2.45, 2.75) is 12.8 Å². The maximum atomic E-state index is 8.38. The lowest BCUT2D eigenvalue weighted by Gasteiger charge is -1.96. The minimum Gasteiger partial charge on any atom is -0.411 e. The third-order valence-electron chi connectivity index (χ3n) is 2.13. The fourth-order valence-electron chi connectivity index (χ4n) is 1.36. The van der Waals surface area contributed by atoms with E-state index < -0.39 is 0 Å². The number of aryl methyl sites for hydroxylation is 2. The average Bonchev–Trinajstić information content (AvgIpc) is 2.76. The van der Waals surface area contributed by atoms with Gasteiger partial charge in [-0.2, -0.15) is 0 Å². The first-order chi connectivity index (χ1) is 7.88. The molecular formula is C11H11N3OS. The maximum Gasteiger partial charge on any atom is 0.0934 e. The Morgan fingerprint density at radius 3 is 2.88 bits per heavy atom. The Bertz CT molecular complexity index is 467. The molecule has 0 saturated heterocycles. The van der Waals surface area contributed by atoms with Crippen molar-refractivity contribution in [3.63, 3.8) is 0 Å². The smallest absolute Gasteiger partial charge is 0.0934 e. The van der Waals surface area contributed by atoms with Crippen molar-refractivity contribution in [3.05, 3.63) is 46.2 Å². The van der Waals surface area contributed by atoms with Gasteiger partial charge in [0.25, 0.3) is 0 Å². The topological polar surface area (TPSA) is 58.4 Å². The number of thiazole rings is 1. The van der Waals surface area contributed by atoms with Gasteiger partial charge in [0.05, 0.1) is 16.1 Å². The van der Waals surface area contributed by atoms with Crippen molar-refractivity contribution in [2.24, 2.45) is 5.16 Å². The second kappa shape index (κ2) is 5.37. The van der Waals surface area contributed by atoms with Crippen LogP contribution in [-0.2, 0) is 12.8 Å². The Balaban J connectivity index is 1.94. The molecule has 2 heterocycles. The van der Waals surface area contributed by atoms with Crippen LogP contribution in [-0.4, -0.2) is 21.4 Å². The van der Waals surface area contributed by atoms with E-state index in [-0.39, 0.29) is 0 Å². The summed E-state index contributed by atoms with van der Waals surface area (Å²) in [5, 5.41) is 12.4. The SMILES string of the molecule is O/N=C/c1cnc(CCc2ccncc2)s1. The molecule has 16 heavy (non-hydrogen) atoms. The minimum atomic E-state index is 0.868. The number of rotatable bonds is 4. The zero-order valence-corrected chi connectivity index (χ0v) is 9.39. The number of aromatic nitrogens is 2. The lowest BCUT2D eigenvalue weighted by atomic mass is 10.1. The summed E-state index contributed by atoms with van der Waals surface area (Å²) >= 11 is 1.54. The van der Waals surface area contributed by atoms with Crippen LogP contribution in [0.2, 0.25) is 0 Å². The minimum absolute atomic E-state index is 0.868. The molecule has 2 aromatic heterocycles. The summed E-state index contributed by atoms with van der Waals surface area (Å²) in [5.74, 6) is 0. The van der Waals surface area contributed by atoms with Gasteiger partial charge in [0.2, 0.25) is 0 Å². The summed E-state index contributed by atoms with van der Waals surface area (Å²) in [6, 6.07) is 4.01. The number of hydrogen-bond acceptors (Lipinski definition) is 5. The monoisotopic (exact) mass is 233 g/mol. The normalized spacial score (nSPS) is 11.0. The van der Waals surface area contributed by atoms with Crippen LogP contribution in [0.15, 0.2) is 35.9 Å². The van der Waals surface area contributed by atoms with Gasteiger partial charge in [-0.05, 0) is 24.1 Å². The third-order valence-corrected chi connectivity index (χ3v) is 3.12. The Morgan fingerprint density at radius 1 is 1.31 bits per heavy atom. The Kier molecular flexibility index (Phi) is 3.61. The van der Waals surface area contributed by atoms with E-state index in [1.165, 1.54) is 11.8 Å². The molecule has 2 aromatic rings. The zero-order valence-electron chi connectivity index (χ0n) is 8.58. The van der Waals surface area contributed by atoms with Crippen LogP contribution in [0.25, 0.3) is 0 Å². The van der Waals surface area contributed by atoms with Gasteiger partial charge in [0.1, 0.15) is 0 Å². The summed E-state index contributed by atoms with van der Waals surface area (Å²) < 4.78 is 0. The van der Waals surface area contributed by atoms with Gasteiger partial charge < -0.3 is 5.21 Å². The molecule has 0 bridgehead atoms. The molecule has 0 spiro atoms. The number of hydrogen-bond donors (Lipinski definition) is 1. The Morgan fingerprint density at radius 2 is 2.12 bits per heavy atom. The Labute approximate surface area is 97.3 Å². The number of nitrogens with zero attached hydrogens (tertiary/aromatic N) is 3. The highest BCUT2D eigenvalue weighted by atomic mass is 32.1. The quantitative estimate of drug-likeness (QED) is 0.500. The predicted molar refractivity (Wildman–Crippen MR) is 63.1 cm³/mol. The maximum absolute atomic E-state index is 8.38. The molecule has 0 fully saturated rings. The number of oxime groups is 1. The molecular weight excluding hydrogens is 222 g/mol. The van der Waals surface area contributed by atoms with Crippen LogP contribution in [0.1, 0.15) is 15.4 Å². The first-order valence-corrected chi connectivity index (χ1v) is 5.71. The fraction of sp³-hybridized carbons (Fsp3) is 0.182. The van der Waals surface area contributed by atoms with Crippen LogP contribution in [0.3, 0.4) is 0 Å². The van der Waals surface area contributed by atoms with Crippen LogP contribution >= 0.6 is 11.3 Å². The third kappa shape index (κ3) is 2.87. The molecule has 0 aliphatic heterocycles. The van der Waals surface area contributed by atoms with Crippen LogP contribution in [0.4, 0.5) is 0 Å².